The van der Waals surface area contributed by atoms with Crippen LogP contribution in [-0.2, 0) is 0 Å². The Hall–Kier alpha value is -1.90. The van der Waals surface area contributed by atoms with Crippen molar-refractivity contribution in [2.75, 3.05) is 7.11 Å². The van der Waals surface area contributed by atoms with Crippen molar-refractivity contribution in [1.82, 2.24) is 0 Å². The van der Waals surface area contributed by atoms with Crippen LogP contribution in [0.2, 0.25) is 0 Å². The third-order valence-corrected chi connectivity index (χ3v) is 3.63. The van der Waals surface area contributed by atoms with Gasteiger partial charge in [-0.1, -0.05) is 38.8 Å². The fourth-order valence-electron chi connectivity index (χ4n) is 2.74. The number of Topliss-reactive ketones (excluding diaryl/α,β-unsaturated/α-hetero) is 2. The van der Waals surface area contributed by atoms with Crippen LogP contribution < -0.4 is 4.74 Å². The lowest BCUT2D eigenvalue weighted by molar-refractivity contribution is 0.0966. The van der Waals surface area contributed by atoms with E-state index in [1.54, 1.807) is 18.2 Å². The van der Waals surface area contributed by atoms with E-state index in [1.807, 2.05) is 13.8 Å². The van der Waals surface area contributed by atoms with Crippen LogP contribution >= 0.6 is 0 Å². The van der Waals surface area contributed by atoms with Crippen LogP contribution in [0.1, 0.15) is 60.2 Å². The van der Waals surface area contributed by atoms with Crippen LogP contribution in [-0.4, -0.2) is 18.7 Å². The van der Waals surface area contributed by atoms with Crippen LogP contribution in [0.3, 0.4) is 0 Å². The standard InChI is InChI=1S/C17H20O3/c1-4-7-11-12(8-5-2)17(19)15-13(16(11)18)9-6-10-14(15)20-3/h6,9-10H,4-5,7-8H2,1-3H3. The molecule has 106 valence electrons. The van der Waals surface area contributed by atoms with Gasteiger partial charge in [-0.2, -0.15) is 0 Å². The summed E-state index contributed by atoms with van der Waals surface area (Å²) >= 11 is 0. The molecule has 0 aliphatic heterocycles. The van der Waals surface area contributed by atoms with Gasteiger partial charge in [0.1, 0.15) is 5.75 Å². The summed E-state index contributed by atoms with van der Waals surface area (Å²) in [6, 6.07) is 5.21. The van der Waals surface area contributed by atoms with Gasteiger partial charge >= 0.3 is 0 Å². The molecule has 20 heavy (non-hydrogen) atoms. The van der Waals surface area contributed by atoms with E-state index in [-0.39, 0.29) is 11.6 Å². The molecule has 0 unspecified atom stereocenters. The normalized spacial score (nSPS) is 14.6. The first-order valence-electron chi connectivity index (χ1n) is 7.14. The molecule has 0 bridgehead atoms. The Morgan fingerprint density at radius 1 is 0.950 bits per heavy atom. The maximum atomic E-state index is 12.7. The zero-order valence-electron chi connectivity index (χ0n) is 12.3. The Morgan fingerprint density at radius 2 is 1.55 bits per heavy atom. The molecule has 0 saturated heterocycles. The van der Waals surface area contributed by atoms with Crippen LogP contribution in [0.15, 0.2) is 29.3 Å². The Bertz CT molecular complexity index is 582. The molecule has 1 aliphatic rings. The largest absolute Gasteiger partial charge is 0.496 e. The van der Waals surface area contributed by atoms with Crippen molar-refractivity contribution in [3.63, 3.8) is 0 Å². The van der Waals surface area contributed by atoms with E-state index in [0.717, 1.165) is 12.8 Å². The zero-order valence-corrected chi connectivity index (χ0v) is 12.3. The number of methoxy groups -OCH3 is 1. The van der Waals surface area contributed by atoms with Gasteiger partial charge in [-0.05, 0) is 18.9 Å². The van der Waals surface area contributed by atoms with Crippen LogP contribution in [0.4, 0.5) is 0 Å². The van der Waals surface area contributed by atoms with Crippen molar-refractivity contribution in [2.45, 2.75) is 39.5 Å². The molecule has 0 atom stereocenters. The van der Waals surface area contributed by atoms with Crippen molar-refractivity contribution in [1.29, 1.82) is 0 Å². The Kier molecular flexibility index (Phi) is 4.38. The molecule has 0 heterocycles. The summed E-state index contributed by atoms with van der Waals surface area (Å²) in [6.45, 7) is 4.04. The number of hydrogen-bond acceptors (Lipinski definition) is 3. The lowest BCUT2D eigenvalue weighted by atomic mass is 9.80. The minimum atomic E-state index is -0.0395. The molecule has 3 nitrogen and oxygen atoms in total. The van der Waals surface area contributed by atoms with E-state index in [0.29, 0.717) is 40.9 Å². The van der Waals surface area contributed by atoms with Crippen LogP contribution in [0.5, 0.6) is 5.75 Å². The van der Waals surface area contributed by atoms with E-state index in [4.69, 9.17) is 4.74 Å². The van der Waals surface area contributed by atoms with Crippen molar-refractivity contribution in [3.05, 3.63) is 40.5 Å². The minimum Gasteiger partial charge on any atom is -0.496 e. The highest BCUT2D eigenvalue weighted by Gasteiger charge is 2.33. The van der Waals surface area contributed by atoms with E-state index in [2.05, 4.69) is 0 Å². The average molecular weight is 272 g/mol. The summed E-state index contributed by atoms with van der Waals surface area (Å²) in [7, 11) is 1.53. The quantitative estimate of drug-likeness (QED) is 0.814. The molecule has 1 aliphatic carbocycles. The fourth-order valence-corrected chi connectivity index (χ4v) is 2.74. The highest BCUT2D eigenvalue weighted by Crippen LogP contribution is 2.35. The van der Waals surface area contributed by atoms with Gasteiger partial charge in [0.15, 0.2) is 11.6 Å². The predicted octanol–water partition coefficient (Wildman–Crippen LogP) is 3.97. The molecule has 2 rings (SSSR count). The van der Waals surface area contributed by atoms with Crippen molar-refractivity contribution >= 4 is 11.6 Å². The third-order valence-electron chi connectivity index (χ3n) is 3.63. The van der Waals surface area contributed by atoms with Crippen molar-refractivity contribution in [2.24, 2.45) is 0 Å². The van der Waals surface area contributed by atoms with Crippen molar-refractivity contribution < 1.29 is 14.3 Å². The highest BCUT2D eigenvalue weighted by molar-refractivity contribution is 6.27. The van der Waals surface area contributed by atoms with Gasteiger partial charge in [0, 0.05) is 16.7 Å². The number of allylic oxidation sites excluding steroid dienone is 2. The van der Waals surface area contributed by atoms with Crippen LogP contribution in [0.25, 0.3) is 0 Å². The number of benzene rings is 1. The molecule has 0 aromatic heterocycles. The number of fused-ring (bicyclic) bond motifs is 1. The number of carbonyl (C=O) groups is 2. The van der Waals surface area contributed by atoms with Gasteiger partial charge in [0.05, 0.1) is 12.7 Å². The van der Waals surface area contributed by atoms with E-state index in [1.165, 1.54) is 7.11 Å². The number of carbonyl (C=O) groups excluding carboxylic acids is 2. The third kappa shape index (κ3) is 2.28. The van der Waals surface area contributed by atoms with E-state index in [9.17, 15) is 9.59 Å². The minimum absolute atomic E-state index is 0.0104. The summed E-state index contributed by atoms with van der Waals surface area (Å²) in [5.41, 5.74) is 2.29. The number of rotatable bonds is 5. The number of ketones is 2. The van der Waals surface area contributed by atoms with Gasteiger partial charge in [-0.25, -0.2) is 0 Å². The molecular weight excluding hydrogens is 252 g/mol. The van der Waals surface area contributed by atoms with Gasteiger partial charge in [0.25, 0.3) is 0 Å². The molecule has 1 aromatic carbocycles. The summed E-state index contributed by atoms with van der Waals surface area (Å²) < 4.78 is 5.26. The van der Waals surface area contributed by atoms with Crippen LogP contribution in [0, 0.1) is 0 Å². The Labute approximate surface area is 119 Å². The highest BCUT2D eigenvalue weighted by atomic mass is 16.5. The zero-order chi connectivity index (χ0) is 14.7. The maximum absolute atomic E-state index is 12.7. The molecular formula is C17H20O3. The van der Waals surface area contributed by atoms with E-state index < -0.39 is 0 Å². The van der Waals surface area contributed by atoms with Gasteiger partial charge in [-0.15, -0.1) is 0 Å². The monoisotopic (exact) mass is 272 g/mol. The van der Waals surface area contributed by atoms with Crippen molar-refractivity contribution in [3.8, 4) is 5.75 Å². The maximum Gasteiger partial charge on any atom is 0.193 e. The summed E-state index contributed by atoms with van der Waals surface area (Å²) in [4.78, 5) is 25.4. The molecule has 0 radical (unpaired) electrons. The lowest BCUT2D eigenvalue weighted by Gasteiger charge is -2.22. The smallest absolute Gasteiger partial charge is 0.193 e. The SMILES string of the molecule is CCCC1=C(CCC)C(=O)c2c(OC)cccc2C1=O. The molecule has 0 saturated carbocycles. The fraction of sp³-hybridized carbons (Fsp3) is 0.412. The number of ether oxygens (including phenoxy) is 1. The molecule has 0 amide bonds. The molecule has 0 N–H and O–H groups in total. The first kappa shape index (κ1) is 14.5. The van der Waals surface area contributed by atoms with Gasteiger partial charge in [0.2, 0.25) is 0 Å². The van der Waals surface area contributed by atoms with E-state index >= 15 is 0 Å². The topological polar surface area (TPSA) is 43.4 Å². The molecule has 1 aromatic rings. The second-order valence-electron chi connectivity index (χ2n) is 5.00. The Balaban J connectivity index is 2.63. The Morgan fingerprint density at radius 3 is 2.10 bits per heavy atom. The second-order valence-corrected chi connectivity index (χ2v) is 5.00. The lowest BCUT2D eigenvalue weighted by Crippen LogP contribution is -2.23. The predicted molar refractivity (Wildman–Crippen MR) is 78.5 cm³/mol. The van der Waals surface area contributed by atoms with Gasteiger partial charge < -0.3 is 4.74 Å². The average Bonchev–Trinajstić information content (AvgIpc) is 2.47. The summed E-state index contributed by atoms with van der Waals surface area (Å²) in [6.07, 6.45) is 3.03. The molecule has 0 spiro atoms. The number of hydrogen-bond donors (Lipinski definition) is 0. The first-order chi connectivity index (χ1) is 9.65. The summed E-state index contributed by atoms with van der Waals surface area (Å²) in [5, 5.41) is 0. The molecule has 3 heteroatoms. The second kappa shape index (κ2) is 6.04. The van der Waals surface area contributed by atoms with Gasteiger partial charge in [-0.3, -0.25) is 9.59 Å². The first-order valence-corrected chi connectivity index (χ1v) is 7.14. The molecule has 0 fully saturated rings. The summed E-state index contributed by atoms with van der Waals surface area (Å²) in [5.74, 6) is 0.441.